The Hall–Kier alpha value is -1.36. The third kappa shape index (κ3) is 2.73. The highest BCUT2D eigenvalue weighted by atomic mass is 16.5. The number of hydrogen-bond donors (Lipinski definition) is 1. The molecule has 2 heterocycles. The van der Waals surface area contributed by atoms with Crippen LogP contribution in [-0.4, -0.2) is 44.3 Å². The molecule has 1 N–H and O–H groups in total. The Labute approximate surface area is 119 Å². The molecule has 4 nitrogen and oxygen atoms in total. The number of benzene rings is 1. The van der Waals surface area contributed by atoms with Crippen molar-refractivity contribution < 1.29 is 9.15 Å². The zero-order chi connectivity index (χ0) is 13.9. The van der Waals surface area contributed by atoms with E-state index in [-0.39, 0.29) is 12.1 Å². The van der Waals surface area contributed by atoms with Crippen LogP contribution in [0.1, 0.15) is 18.7 Å². The minimum atomic E-state index is 0.107. The summed E-state index contributed by atoms with van der Waals surface area (Å²) in [5, 5.41) is 4.65. The van der Waals surface area contributed by atoms with E-state index >= 15 is 0 Å². The number of nitrogens with zero attached hydrogens (tertiary/aromatic N) is 1. The van der Waals surface area contributed by atoms with E-state index in [2.05, 4.69) is 36.3 Å². The Morgan fingerprint density at radius 1 is 1.40 bits per heavy atom. The molecule has 108 valence electrons. The largest absolute Gasteiger partial charge is 0.459 e. The summed E-state index contributed by atoms with van der Waals surface area (Å²) in [6.07, 6.45) is 0.134. The van der Waals surface area contributed by atoms with E-state index in [1.54, 1.807) is 0 Å². The Bertz CT molecular complexity index is 533. The smallest absolute Gasteiger partial charge is 0.134 e. The van der Waals surface area contributed by atoms with Gasteiger partial charge in [-0.2, -0.15) is 0 Å². The maximum absolute atomic E-state index is 6.01. The van der Waals surface area contributed by atoms with E-state index in [0.717, 1.165) is 43.0 Å². The van der Waals surface area contributed by atoms with Crippen LogP contribution in [0.2, 0.25) is 0 Å². The minimum Gasteiger partial charge on any atom is -0.459 e. The third-order valence-corrected chi connectivity index (χ3v) is 3.84. The fourth-order valence-corrected chi connectivity index (χ4v) is 2.80. The Kier molecular flexibility index (Phi) is 4.05. The van der Waals surface area contributed by atoms with E-state index in [9.17, 15) is 0 Å². The molecule has 20 heavy (non-hydrogen) atoms. The summed E-state index contributed by atoms with van der Waals surface area (Å²) in [6, 6.07) is 10.4. The van der Waals surface area contributed by atoms with Gasteiger partial charge in [0.25, 0.3) is 0 Å². The quantitative estimate of drug-likeness (QED) is 0.929. The van der Waals surface area contributed by atoms with Gasteiger partial charge in [-0.25, -0.2) is 0 Å². The van der Waals surface area contributed by atoms with Crippen LogP contribution in [-0.2, 0) is 4.74 Å². The predicted molar refractivity (Wildman–Crippen MR) is 79.9 cm³/mol. The van der Waals surface area contributed by atoms with Gasteiger partial charge in [-0.1, -0.05) is 25.1 Å². The SMILES string of the molecule is CCNC(c1cc2ccccc2o1)C1CN(C)CCO1. The minimum absolute atomic E-state index is 0.107. The summed E-state index contributed by atoms with van der Waals surface area (Å²) in [6.45, 7) is 5.71. The first kappa shape index (κ1) is 13.6. The molecule has 0 spiro atoms. The standard InChI is InChI=1S/C16H22N2O2/c1-3-17-16(15-11-18(2)8-9-19-15)14-10-12-6-4-5-7-13(12)20-14/h4-7,10,15-17H,3,8-9,11H2,1-2H3. The molecular formula is C16H22N2O2. The lowest BCUT2D eigenvalue weighted by Crippen LogP contribution is -2.46. The van der Waals surface area contributed by atoms with E-state index in [1.807, 2.05) is 18.2 Å². The molecule has 1 saturated heterocycles. The molecule has 1 fully saturated rings. The van der Waals surface area contributed by atoms with Crippen molar-refractivity contribution in [3.05, 3.63) is 36.1 Å². The van der Waals surface area contributed by atoms with Crippen LogP contribution in [0.5, 0.6) is 0 Å². The highest BCUT2D eigenvalue weighted by Gasteiger charge is 2.29. The van der Waals surface area contributed by atoms with Gasteiger partial charge in [-0.05, 0) is 25.7 Å². The average molecular weight is 274 g/mol. The number of morpholine rings is 1. The number of fused-ring (bicyclic) bond motifs is 1. The van der Waals surface area contributed by atoms with Gasteiger partial charge in [-0.3, -0.25) is 0 Å². The van der Waals surface area contributed by atoms with Crippen LogP contribution >= 0.6 is 0 Å². The molecule has 2 unspecified atom stereocenters. The van der Waals surface area contributed by atoms with Crippen molar-refractivity contribution in [2.45, 2.75) is 19.1 Å². The normalized spacial score (nSPS) is 22.2. The Morgan fingerprint density at radius 3 is 3.00 bits per heavy atom. The highest BCUT2D eigenvalue weighted by Crippen LogP contribution is 2.28. The van der Waals surface area contributed by atoms with Gasteiger partial charge in [-0.15, -0.1) is 0 Å². The molecule has 2 atom stereocenters. The van der Waals surface area contributed by atoms with Gasteiger partial charge in [0.05, 0.1) is 18.8 Å². The molecule has 0 aliphatic carbocycles. The fraction of sp³-hybridized carbons (Fsp3) is 0.500. The van der Waals surface area contributed by atoms with Crippen molar-refractivity contribution in [1.29, 1.82) is 0 Å². The molecule has 4 heteroatoms. The molecule has 1 aliphatic rings. The van der Waals surface area contributed by atoms with E-state index < -0.39 is 0 Å². The first-order valence-electron chi connectivity index (χ1n) is 7.30. The van der Waals surface area contributed by atoms with Gasteiger partial charge in [0.1, 0.15) is 11.3 Å². The number of ether oxygens (including phenoxy) is 1. The van der Waals surface area contributed by atoms with Crippen molar-refractivity contribution in [2.75, 3.05) is 33.3 Å². The molecule has 0 amide bonds. The summed E-state index contributed by atoms with van der Waals surface area (Å²) >= 11 is 0. The summed E-state index contributed by atoms with van der Waals surface area (Å²) in [4.78, 5) is 2.31. The van der Waals surface area contributed by atoms with Crippen LogP contribution in [0, 0.1) is 0 Å². The number of rotatable bonds is 4. The van der Waals surface area contributed by atoms with Gasteiger partial charge >= 0.3 is 0 Å². The maximum Gasteiger partial charge on any atom is 0.134 e. The molecule has 0 saturated carbocycles. The molecule has 0 bridgehead atoms. The second-order valence-corrected chi connectivity index (χ2v) is 5.39. The van der Waals surface area contributed by atoms with Crippen molar-refractivity contribution in [3.63, 3.8) is 0 Å². The van der Waals surface area contributed by atoms with Crippen molar-refractivity contribution in [3.8, 4) is 0 Å². The number of furan rings is 1. The van der Waals surface area contributed by atoms with Crippen molar-refractivity contribution >= 4 is 11.0 Å². The summed E-state index contributed by atoms with van der Waals surface area (Å²) in [5.74, 6) is 0.966. The summed E-state index contributed by atoms with van der Waals surface area (Å²) < 4.78 is 12.0. The van der Waals surface area contributed by atoms with Crippen LogP contribution in [0.3, 0.4) is 0 Å². The van der Waals surface area contributed by atoms with Crippen molar-refractivity contribution in [1.82, 2.24) is 10.2 Å². The topological polar surface area (TPSA) is 37.6 Å². The van der Waals surface area contributed by atoms with Gasteiger partial charge in [0, 0.05) is 18.5 Å². The molecule has 0 radical (unpaired) electrons. The Balaban J connectivity index is 1.88. The van der Waals surface area contributed by atoms with Gasteiger partial charge < -0.3 is 19.4 Å². The molecule has 1 aliphatic heterocycles. The molecule has 3 rings (SSSR count). The average Bonchev–Trinajstić information content (AvgIpc) is 2.88. The highest BCUT2D eigenvalue weighted by molar-refractivity contribution is 5.77. The number of para-hydroxylation sites is 1. The van der Waals surface area contributed by atoms with E-state index in [1.165, 1.54) is 0 Å². The van der Waals surface area contributed by atoms with Crippen LogP contribution < -0.4 is 5.32 Å². The Morgan fingerprint density at radius 2 is 2.25 bits per heavy atom. The second-order valence-electron chi connectivity index (χ2n) is 5.39. The fourth-order valence-electron chi connectivity index (χ4n) is 2.80. The lowest BCUT2D eigenvalue weighted by atomic mass is 10.1. The number of nitrogens with one attached hydrogen (secondary N) is 1. The maximum atomic E-state index is 6.01. The number of likely N-dealkylation sites (N-methyl/N-ethyl adjacent to an activating group) is 2. The first-order chi connectivity index (χ1) is 9.78. The zero-order valence-electron chi connectivity index (χ0n) is 12.1. The van der Waals surface area contributed by atoms with E-state index in [4.69, 9.17) is 9.15 Å². The first-order valence-corrected chi connectivity index (χ1v) is 7.30. The lowest BCUT2D eigenvalue weighted by molar-refractivity contribution is -0.0422. The number of hydrogen-bond acceptors (Lipinski definition) is 4. The second kappa shape index (κ2) is 5.95. The van der Waals surface area contributed by atoms with Crippen LogP contribution in [0.4, 0.5) is 0 Å². The van der Waals surface area contributed by atoms with Crippen LogP contribution in [0.15, 0.2) is 34.7 Å². The monoisotopic (exact) mass is 274 g/mol. The predicted octanol–water partition coefficient (Wildman–Crippen LogP) is 2.41. The zero-order valence-corrected chi connectivity index (χ0v) is 12.1. The van der Waals surface area contributed by atoms with Crippen molar-refractivity contribution in [2.24, 2.45) is 0 Å². The van der Waals surface area contributed by atoms with Crippen LogP contribution in [0.25, 0.3) is 11.0 Å². The molecule has 2 aromatic rings. The molecule has 1 aromatic heterocycles. The van der Waals surface area contributed by atoms with Gasteiger partial charge in [0.2, 0.25) is 0 Å². The summed E-state index contributed by atoms with van der Waals surface area (Å²) in [5.41, 5.74) is 0.939. The van der Waals surface area contributed by atoms with E-state index in [0.29, 0.717) is 0 Å². The van der Waals surface area contributed by atoms with Gasteiger partial charge in [0.15, 0.2) is 0 Å². The molecular weight excluding hydrogens is 252 g/mol. The molecule has 1 aromatic carbocycles. The summed E-state index contributed by atoms with van der Waals surface area (Å²) in [7, 11) is 2.14. The lowest BCUT2D eigenvalue weighted by Gasteiger charge is -2.34. The third-order valence-electron chi connectivity index (χ3n) is 3.84.